The first-order chi connectivity index (χ1) is 13.4. The quantitative estimate of drug-likeness (QED) is 0.622. The Bertz CT molecular complexity index is 999. The van der Waals surface area contributed by atoms with Crippen molar-refractivity contribution in [2.75, 3.05) is 43.4 Å². The van der Waals surface area contributed by atoms with Crippen LogP contribution < -0.4 is 10.2 Å². The third-order valence-corrected chi connectivity index (χ3v) is 5.13. The van der Waals surface area contributed by atoms with Gasteiger partial charge in [-0.15, -0.1) is 0 Å². The highest BCUT2D eigenvalue weighted by Gasteiger charge is 2.22. The zero-order valence-electron chi connectivity index (χ0n) is 16.3. The first-order valence-electron chi connectivity index (χ1n) is 9.43. The second-order valence-electron chi connectivity index (χ2n) is 7.44. The standard InChI is InChI=1S/C19H25N7O2/c1-12(2)26-5-4-20-19(26)23-18-21-14-10-13(17(27)28)16(11-15(14)22-18)25-8-6-24(3)7-9-25/h4-5,10-12H,6-9H2,1-3H3,(H,27,28)(H2,20,21,22,23). The molecule has 0 radical (unpaired) electrons. The van der Waals surface area contributed by atoms with Crippen LogP contribution in [0.1, 0.15) is 30.2 Å². The van der Waals surface area contributed by atoms with Gasteiger partial charge in [0.05, 0.1) is 22.3 Å². The molecule has 1 aromatic carbocycles. The number of carbonyl (C=O) groups is 1. The van der Waals surface area contributed by atoms with Gasteiger partial charge in [-0.05, 0) is 33.0 Å². The molecule has 1 saturated heterocycles. The molecule has 9 heteroatoms. The average molecular weight is 383 g/mol. The fraction of sp³-hybridized carbons (Fsp3) is 0.421. The fourth-order valence-electron chi connectivity index (χ4n) is 3.52. The second-order valence-corrected chi connectivity index (χ2v) is 7.44. The molecule has 28 heavy (non-hydrogen) atoms. The van der Waals surface area contributed by atoms with Crippen molar-refractivity contribution in [1.29, 1.82) is 0 Å². The lowest BCUT2D eigenvalue weighted by molar-refractivity contribution is 0.0697. The lowest BCUT2D eigenvalue weighted by Crippen LogP contribution is -2.45. The summed E-state index contributed by atoms with van der Waals surface area (Å²) < 4.78 is 2.01. The SMILES string of the molecule is CC(C)n1ccnc1Nc1nc2cc(N3CCN(C)CC3)c(C(=O)O)cc2[nH]1. The van der Waals surface area contributed by atoms with Gasteiger partial charge in [-0.1, -0.05) is 0 Å². The highest BCUT2D eigenvalue weighted by Crippen LogP contribution is 2.29. The van der Waals surface area contributed by atoms with Gasteiger partial charge >= 0.3 is 5.97 Å². The predicted molar refractivity (Wildman–Crippen MR) is 109 cm³/mol. The summed E-state index contributed by atoms with van der Waals surface area (Å²) in [5.41, 5.74) is 2.41. The molecule has 0 atom stereocenters. The van der Waals surface area contributed by atoms with Crippen LogP contribution in [-0.4, -0.2) is 68.7 Å². The van der Waals surface area contributed by atoms with Crippen LogP contribution in [0.15, 0.2) is 24.5 Å². The fourth-order valence-corrected chi connectivity index (χ4v) is 3.52. The van der Waals surface area contributed by atoms with Crippen LogP contribution in [0.3, 0.4) is 0 Å². The van der Waals surface area contributed by atoms with E-state index >= 15 is 0 Å². The number of hydrogen-bond acceptors (Lipinski definition) is 6. The number of benzene rings is 1. The van der Waals surface area contributed by atoms with E-state index in [2.05, 4.69) is 51.0 Å². The summed E-state index contributed by atoms with van der Waals surface area (Å²) in [6.07, 6.45) is 3.64. The Morgan fingerprint density at radius 1 is 1.25 bits per heavy atom. The van der Waals surface area contributed by atoms with E-state index in [0.29, 0.717) is 17.4 Å². The number of nitrogens with one attached hydrogen (secondary N) is 2. The maximum absolute atomic E-state index is 11.9. The highest BCUT2D eigenvalue weighted by molar-refractivity contribution is 6.00. The van der Waals surface area contributed by atoms with E-state index in [4.69, 9.17) is 0 Å². The summed E-state index contributed by atoms with van der Waals surface area (Å²) in [4.78, 5) is 28.3. The van der Waals surface area contributed by atoms with Crippen molar-refractivity contribution in [2.24, 2.45) is 0 Å². The predicted octanol–water partition coefficient (Wildman–Crippen LogP) is 2.53. The molecule has 0 aliphatic carbocycles. The Hall–Kier alpha value is -3.07. The number of nitrogens with zero attached hydrogens (tertiary/aromatic N) is 5. The number of aromatic carboxylic acids is 1. The van der Waals surface area contributed by atoms with Crippen molar-refractivity contribution >= 4 is 34.6 Å². The number of aromatic nitrogens is 4. The van der Waals surface area contributed by atoms with Crippen molar-refractivity contribution in [3.05, 3.63) is 30.1 Å². The largest absolute Gasteiger partial charge is 0.478 e. The van der Waals surface area contributed by atoms with Gasteiger partial charge in [-0.2, -0.15) is 0 Å². The van der Waals surface area contributed by atoms with Gasteiger partial charge in [0.2, 0.25) is 11.9 Å². The first kappa shape index (κ1) is 18.3. The molecule has 1 aliphatic rings. The molecule has 3 heterocycles. The first-order valence-corrected chi connectivity index (χ1v) is 9.43. The van der Waals surface area contributed by atoms with Crippen LogP contribution in [0.2, 0.25) is 0 Å². The van der Waals surface area contributed by atoms with Crippen molar-refractivity contribution < 1.29 is 9.90 Å². The molecule has 0 bridgehead atoms. The minimum atomic E-state index is -0.935. The Morgan fingerprint density at radius 3 is 2.68 bits per heavy atom. The number of likely N-dealkylation sites (N-methyl/N-ethyl adjacent to an activating group) is 1. The van der Waals surface area contributed by atoms with E-state index in [1.54, 1.807) is 12.3 Å². The molecule has 1 aliphatic heterocycles. The molecule has 0 saturated carbocycles. The molecule has 0 spiro atoms. The van der Waals surface area contributed by atoms with E-state index in [9.17, 15) is 9.90 Å². The normalized spacial score (nSPS) is 15.5. The molecule has 148 valence electrons. The van der Waals surface area contributed by atoms with E-state index in [-0.39, 0.29) is 11.6 Å². The van der Waals surface area contributed by atoms with Crippen LogP contribution in [0, 0.1) is 0 Å². The summed E-state index contributed by atoms with van der Waals surface area (Å²) in [5.74, 6) is 0.289. The number of imidazole rings is 2. The van der Waals surface area contributed by atoms with E-state index < -0.39 is 5.97 Å². The zero-order valence-corrected chi connectivity index (χ0v) is 16.3. The monoisotopic (exact) mass is 383 g/mol. The number of rotatable bonds is 5. The Balaban J connectivity index is 1.69. The molecular weight excluding hydrogens is 358 g/mol. The van der Waals surface area contributed by atoms with Gasteiger partial charge in [0, 0.05) is 44.6 Å². The van der Waals surface area contributed by atoms with Crippen LogP contribution in [0.25, 0.3) is 11.0 Å². The van der Waals surface area contributed by atoms with Gasteiger partial charge in [0.25, 0.3) is 0 Å². The van der Waals surface area contributed by atoms with E-state index in [1.807, 2.05) is 16.8 Å². The number of aromatic amines is 1. The second kappa shape index (κ2) is 7.16. The van der Waals surface area contributed by atoms with Crippen LogP contribution >= 0.6 is 0 Å². The van der Waals surface area contributed by atoms with Crippen LogP contribution in [-0.2, 0) is 0 Å². The number of H-pyrrole nitrogens is 1. The number of carboxylic acid groups (broad SMARTS) is 1. The van der Waals surface area contributed by atoms with Gasteiger partial charge in [-0.3, -0.25) is 5.32 Å². The van der Waals surface area contributed by atoms with E-state index in [0.717, 1.165) is 37.4 Å². The molecule has 0 amide bonds. The zero-order chi connectivity index (χ0) is 19.8. The van der Waals surface area contributed by atoms with Gasteiger partial charge in [-0.25, -0.2) is 14.8 Å². The van der Waals surface area contributed by atoms with E-state index in [1.165, 1.54) is 0 Å². The molecule has 2 aromatic heterocycles. The Labute approximate surface area is 163 Å². The van der Waals surface area contributed by atoms with Crippen molar-refractivity contribution in [3.63, 3.8) is 0 Å². The average Bonchev–Trinajstić information content (AvgIpc) is 3.27. The van der Waals surface area contributed by atoms with Crippen molar-refractivity contribution in [3.8, 4) is 0 Å². The molecule has 4 rings (SSSR count). The van der Waals surface area contributed by atoms with Crippen molar-refractivity contribution in [1.82, 2.24) is 24.4 Å². The summed E-state index contributed by atoms with van der Waals surface area (Å²) in [6.45, 7) is 7.55. The minimum Gasteiger partial charge on any atom is -0.478 e. The maximum Gasteiger partial charge on any atom is 0.337 e. The Morgan fingerprint density at radius 2 is 2.00 bits per heavy atom. The molecule has 0 unspecified atom stereocenters. The number of anilines is 3. The topological polar surface area (TPSA) is 102 Å². The molecule has 9 nitrogen and oxygen atoms in total. The summed E-state index contributed by atoms with van der Waals surface area (Å²) in [5, 5.41) is 12.9. The summed E-state index contributed by atoms with van der Waals surface area (Å²) >= 11 is 0. The Kier molecular flexibility index (Phi) is 4.68. The number of piperazine rings is 1. The maximum atomic E-state index is 11.9. The number of hydrogen-bond donors (Lipinski definition) is 3. The van der Waals surface area contributed by atoms with Gasteiger partial charge < -0.3 is 24.5 Å². The van der Waals surface area contributed by atoms with Gasteiger partial charge in [0.1, 0.15) is 0 Å². The third kappa shape index (κ3) is 3.40. The van der Waals surface area contributed by atoms with Crippen LogP contribution in [0.4, 0.5) is 17.6 Å². The number of fused-ring (bicyclic) bond motifs is 1. The third-order valence-electron chi connectivity index (χ3n) is 5.13. The highest BCUT2D eigenvalue weighted by atomic mass is 16.4. The summed E-state index contributed by atoms with van der Waals surface area (Å²) in [6, 6.07) is 3.79. The lowest BCUT2D eigenvalue weighted by atomic mass is 10.1. The van der Waals surface area contributed by atoms with Crippen molar-refractivity contribution in [2.45, 2.75) is 19.9 Å². The number of carboxylic acids is 1. The smallest absolute Gasteiger partial charge is 0.337 e. The van der Waals surface area contributed by atoms with Crippen LogP contribution in [0.5, 0.6) is 0 Å². The summed E-state index contributed by atoms with van der Waals surface area (Å²) in [7, 11) is 2.07. The minimum absolute atomic E-state index is 0.261. The molecular formula is C19H25N7O2. The lowest BCUT2D eigenvalue weighted by Gasteiger charge is -2.34. The molecule has 3 N–H and O–H groups in total. The molecule has 1 fully saturated rings. The van der Waals surface area contributed by atoms with Gasteiger partial charge in [0.15, 0.2) is 0 Å². The molecule has 3 aromatic rings.